The first-order valence-corrected chi connectivity index (χ1v) is 8.40. The van der Waals surface area contributed by atoms with Gasteiger partial charge in [0, 0.05) is 12.2 Å². The summed E-state index contributed by atoms with van der Waals surface area (Å²) in [7, 11) is 0. The SMILES string of the molecule is Cc1nc(N)c2c(C)c(C)n(CC3CCSCC3)c2n1. The Morgan fingerprint density at radius 2 is 1.90 bits per heavy atom. The number of fused-ring (bicyclic) bond motifs is 1. The van der Waals surface area contributed by atoms with Crippen LogP contribution >= 0.6 is 11.8 Å². The Morgan fingerprint density at radius 1 is 1.20 bits per heavy atom. The number of aryl methyl sites for hydroxylation is 2. The van der Waals surface area contributed by atoms with Crippen molar-refractivity contribution in [3.63, 3.8) is 0 Å². The standard InChI is InChI=1S/C15H22N4S/c1-9-10(2)19(8-12-4-6-20-7-5-12)15-13(9)14(16)17-11(3)18-15/h12H,4-8H2,1-3H3,(H2,16,17,18). The molecular formula is C15H22N4S. The normalized spacial score (nSPS) is 16.9. The zero-order valence-corrected chi connectivity index (χ0v) is 13.3. The molecule has 0 atom stereocenters. The van der Waals surface area contributed by atoms with Gasteiger partial charge in [-0.2, -0.15) is 11.8 Å². The molecule has 4 nitrogen and oxygen atoms in total. The van der Waals surface area contributed by atoms with Crippen LogP contribution in [0.4, 0.5) is 5.82 Å². The Hall–Kier alpha value is -1.23. The van der Waals surface area contributed by atoms with Gasteiger partial charge in [-0.1, -0.05) is 0 Å². The summed E-state index contributed by atoms with van der Waals surface area (Å²) in [5.41, 5.74) is 9.63. The lowest BCUT2D eigenvalue weighted by molar-refractivity contribution is 0.418. The van der Waals surface area contributed by atoms with Crippen molar-refractivity contribution in [2.45, 2.75) is 40.2 Å². The molecule has 1 aliphatic heterocycles. The van der Waals surface area contributed by atoms with Crippen molar-refractivity contribution in [2.75, 3.05) is 17.2 Å². The summed E-state index contributed by atoms with van der Waals surface area (Å²) >= 11 is 2.07. The third-order valence-corrected chi connectivity index (χ3v) is 5.44. The molecule has 5 heteroatoms. The topological polar surface area (TPSA) is 56.7 Å². The van der Waals surface area contributed by atoms with Crippen molar-refractivity contribution in [1.82, 2.24) is 14.5 Å². The van der Waals surface area contributed by atoms with E-state index in [1.165, 1.54) is 35.6 Å². The molecule has 3 heterocycles. The molecule has 0 amide bonds. The van der Waals surface area contributed by atoms with Gasteiger partial charge in [0.2, 0.25) is 0 Å². The van der Waals surface area contributed by atoms with Crippen LogP contribution in [0.25, 0.3) is 11.0 Å². The molecule has 2 aromatic rings. The molecule has 1 saturated heterocycles. The maximum atomic E-state index is 6.11. The van der Waals surface area contributed by atoms with Crippen molar-refractivity contribution in [3.05, 3.63) is 17.1 Å². The molecule has 20 heavy (non-hydrogen) atoms. The van der Waals surface area contributed by atoms with Crippen LogP contribution in [0.3, 0.4) is 0 Å². The average molecular weight is 290 g/mol. The molecule has 2 aromatic heterocycles. The number of nitrogens with zero attached hydrogens (tertiary/aromatic N) is 3. The largest absolute Gasteiger partial charge is 0.383 e. The van der Waals surface area contributed by atoms with Crippen LogP contribution in [0.1, 0.15) is 29.9 Å². The van der Waals surface area contributed by atoms with E-state index in [9.17, 15) is 0 Å². The van der Waals surface area contributed by atoms with Crippen molar-refractivity contribution < 1.29 is 0 Å². The number of hydrogen-bond donors (Lipinski definition) is 1. The molecule has 0 aromatic carbocycles. The second-order valence-corrected chi connectivity index (χ2v) is 6.96. The average Bonchev–Trinajstić information content (AvgIpc) is 2.65. The van der Waals surface area contributed by atoms with Gasteiger partial charge in [-0.15, -0.1) is 0 Å². The van der Waals surface area contributed by atoms with Crippen molar-refractivity contribution in [2.24, 2.45) is 5.92 Å². The lowest BCUT2D eigenvalue weighted by atomic mass is 10.0. The summed E-state index contributed by atoms with van der Waals surface area (Å²) in [4.78, 5) is 8.96. The third kappa shape index (κ3) is 2.28. The van der Waals surface area contributed by atoms with E-state index in [4.69, 9.17) is 5.73 Å². The van der Waals surface area contributed by atoms with E-state index in [-0.39, 0.29) is 0 Å². The van der Waals surface area contributed by atoms with Crippen LogP contribution in [0.15, 0.2) is 0 Å². The second-order valence-electron chi connectivity index (χ2n) is 5.73. The van der Waals surface area contributed by atoms with E-state index in [1.807, 2.05) is 6.92 Å². The fourth-order valence-electron chi connectivity index (χ4n) is 3.09. The van der Waals surface area contributed by atoms with Crippen molar-refractivity contribution >= 4 is 28.6 Å². The van der Waals surface area contributed by atoms with Gasteiger partial charge >= 0.3 is 0 Å². The maximum Gasteiger partial charge on any atom is 0.146 e. The van der Waals surface area contributed by atoms with E-state index < -0.39 is 0 Å². The summed E-state index contributed by atoms with van der Waals surface area (Å²) in [5, 5.41) is 1.04. The minimum absolute atomic E-state index is 0.617. The summed E-state index contributed by atoms with van der Waals surface area (Å²) in [6.45, 7) is 7.27. The number of rotatable bonds is 2. The van der Waals surface area contributed by atoms with Gasteiger partial charge in [0.15, 0.2) is 0 Å². The number of hydrogen-bond acceptors (Lipinski definition) is 4. The highest BCUT2D eigenvalue weighted by molar-refractivity contribution is 7.99. The molecule has 0 bridgehead atoms. The number of thioether (sulfide) groups is 1. The van der Waals surface area contributed by atoms with Gasteiger partial charge < -0.3 is 10.3 Å². The first kappa shape index (κ1) is 13.7. The first-order chi connectivity index (χ1) is 9.58. The van der Waals surface area contributed by atoms with Gasteiger partial charge in [0.25, 0.3) is 0 Å². The second kappa shape index (κ2) is 5.28. The van der Waals surface area contributed by atoms with Gasteiger partial charge in [0.05, 0.1) is 5.39 Å². The highest BCUT2D eigenvalue weighted by Gasteiger charge is 2.20. The Balaban J connectivity index is 2.07. The molecule has 2 N–H and O–H groups in total. The number of anilines is 1. The number of nitrogen functional groups attached to an aromatic ring is 1. The quantitative estimate of drug-likeness (QED) is 0.923. The molecule has 1 fully saturated rings. The third-order valence-electron chi connectivity index (χ3n) is 4.39. The summed E-state index contributed by atoms with van der Waals surface area (Å²) in [6.07, 6.45) is 2.62. The van der Waals surface area contributed by atoms with Crippen LogP contribution in [0.2, 0.25) is 0 Å². The van der Waals surface area contributed by atoms with Gasteiger partial charge in [-0.05, 0) is 56.6 Å². The van der Waals surface area contributed by atoms with Crippen LogP contribution < -0.4 is 5.73 Å². The predicted octanol–water partition coefficient (Wildman–Crippen LogP) is 3.08. The van der Waals surface area contributed by atoms with E-state index in [0.29, 0.717) is 5.82 Å². The zero-order valence-electron chi connectivity index (χ0n) is 12.4. The molecule has 3 rings (SSSR count). The molecule has 108 valence electrons. The van der Waals surface area contributed by atoms with E-state index >= 15 is 0 Å². The summed E-state index contributed by atoms with van der Waals surface area (Å²) in [6, 6.07) is 0. The molecule has 0 spiro atoms. The summed E-state index contributed by atoms with van der Waals surface area (Å²) < 4.78 is 2.36. The molecular weight excluding hydrogens is 268 g/mol. The highest BCUT2D eigenvalue weighted by Crippen LogP contribution is 2.31. The Kier molecular flexibility index (Phi) is 3.63. The Bertz CT molecular complexity index is 641. The maximum absolute atomic E-state index is 6.11. The monoisotopic (exact) mass is 290 g/mol. The first-order valence-electron chi connectivity index (χ1n) is 7.25. The van der Waals surface area contributed by atoms with Gasteiger partial charge in [0.1, 0.15) is 17.3 Å². The number of nitrogens with two attached hydrogens (primary N) is 1. The molecule has 0 aliphatic carbocycles. The minimum atomic E-state index is 0.617. The highest BCUT2D eigenvalue weighted by atomic mass is 32.2. The van der Waals surface area contributed by atoms with E-state index in [1.54, 1.807) is 0 Å². The lowest BCUT2D eigenvalue weighted by Gasteiger charge is -2.23. The Morgan fingerprint density at radius 3 is 2.60 bits per heavy atom. The lowest BCUT2D eigenvalue weighted by Crippen LogP contribution is -2.17. The van der Waals surface area contributed by atoms with Gasteiger partial charge in [-0.25, -0.2) is 9.97 Å². The molecule has 0 saturated carbocycles. The zero-order chi connectivity index (χ0) is 14.3. The van der Waals surface area contributed by atoms with Crippen LogP contribution in [-0.2, 0) is 6.54 Å². The fraction of sp³-hybridized carbons (Fsp3) is 0.600. The van der Waals surface area contributed by atoms with Gasteiger partial charge in [-0.3, -0.25) is 0 Å². The van der Waals surface area contributed by atoms with E-state index in [0.717, 1.165) is 29.3 Å². The smallest absolute Gasteiger partial charge is 0.146 e. The van der Waals surface area contributed by atoms with E-state index in [2.05, 4.69) is 40.1 Å². The minimum Gasteiger partial charge on any atom is -0.383 e. The summed E-state index contributed by atoms with van der Waals surface area (Å²) in [5.74, 6) is 4.72. The van der Waals surface area contributed by atoms with Crippen LogP contribution in [0, 0.1) is 26.7 Å². The Labute approximate surface area is 124 Å². The fourth-order valence-corrected chi connectivity index (χ4v) is 4.29. The van der Waals surface area contributed by atoms with Crippen LogP contribution in [0.5, 0.6) is 0 Å². The van der Waals surface area contributed by atoms with Crippen molar-refractivity contribution in [3.8, 4) is 0 Å². The molecule has 0 unspecified atom stereocenters. The predicted molar refractivity (Wildman–Crippen MR) is 86.2 cm³/mol. The van der Waals surface area contributed by atoms with Crippen LogP contribution in [-0.4, -0.2) is 26.0 Å². The molecule has 1 aliphatic rings. The van der Waals surface area contributed by atoms with Crippen molar-refractivity contribution in [1.29, 1.82) is 0 Å². The molecule has 0 radical (unpaired) electrons. The number of aromatic nitrogens is 3.